The minimum absolute atomic E-state index is 0. The van der Waals surface area contributed by atoms with E-state index < -0.39 is 11.0 Å². The van der Waals surface area contributed by atoms with E-state index in [4.69, 9.17) is 5.73 Å². The SMILES string of the molecule is CC(C)[C@H](N)C(=O)NCC(=O)N1CCc2ccc([N+](=O)[O-])cc2C1.Cl. The molecule has 138 valence electrons. The van der Waals surface area contributed by atoms with Gasteiger partial charge in [-0.25, -0.2) is 0 Å². The lowest BCUT2D eigenvalue weighted by Crippen LogP contribution is -2.48. The molecule has 25 heavy (non-hydrogen) atoms. The van der Waals surface area contributed by atoms with Crippen LogP contribution in [0.5, 0.6) is 0 Å². The predicted molar refractivity (Wildman–Crippen MR) is 95.3 cm³/mol. The number of nitrogens with zero attached hydrogens (tertiary/aromatic N) is 2. The first-order valence-electron chi connectivity index (χ1n) is 7.87. The second-order valence-corrected chi connectivity index (χ2v) is 6.26. The van der Waals surface area contributed by atoms with Crippen LogP contribution in [0.1, 0.15) is 25.0 Å². The molecular weight excluding hydrogens is 348 g/mol. The fourth-order valence-electron chi connectivity index (χ4n) is 2.57. The van der Waals surface area contributed by atoms with Crippen molar-refractivity contribution in [2.45, 2.75) is 32.9 Å². The maximum atomic E-state index is 12.3. The van der Waals surface area contributed by atoms with E-state index in [9.17, 15) is 19.7 Å². The van der Waals surface area contributed by atoms with Crippen molar-refractivity contribution < 1.29 is 14.5 Å². The zero-order valence-corrected chi connectivity index (χ0v) is 15.0. The number of nitrogens with two attached hydrogens (primary N) is 1. The quantitative estimate of drug-likeness (QED) is 0.592. The van der Waals surface area contributed by atoms with E-state index in [1.807, 2.05) is 13.8 Å². The maximum absolute atomic E-state index is 12.3. The second kappa shape index (κ2) is 8.77. The Morgan fingerprint density at radius 1 is 1.36 bits per heavy atom. The molecule has 1 aromatic rings. The van der Waals surface area contributed by atoms with Crippen molar-refractivity contribution in [2.24, 2.45) is 11.7 Å². The highest BCUT2D eigenvalue weighted by Crippen LogP contribution is 2.23. The molecule has 0 unspecified atom stereocenters. The van der Waals surface area contributed by atoms with Crippen LogP contribution in [0.3, 0.4) is 0 Å². The Morgan fingerprint density at radius 2 is 2.04 bits per heavy atom. The van der Waals surface area contributed by atoms with Crippen molar-refractivity contribution in [2.75, 3.05) is 13.1 Å². The Kier molecular flexibility index (Phi) is 7.32. The molecular formula is C16H23ClN4O4. The number of rotatable bonds is 5. The number of hydrogen-bond acceptors (Lipinski definition) is 5. The summed E-state index contributed by atoms with van der Waals surface area (Å²) >= 11 is 0. The molecule has 0 spiro atoms. The van der Waals surface area contributed by atoms with Crippen molar-refractivity contribution in [3.05, 3.63) is 39.4 Å². The van der Waals surface area contributed by atoms with Crippen LogP contribution in [0.25, 0.3) is 0 Å². The summed E-state index contributed by atoms with van der Waals surface area (Å²) in [4.78, 5) is 36.1. The van der Waals surface area contributed by atoms with Gasteiger partial charge < -0.3 is 16.0 Å². The van der Waals surface area contributed by atoms with Crippen LogP contribution in [0.2, 0.25) is 0 Å². The third-order valence-electron chi connectivity index (χ3n) is 4.20. The summed E-state index contributed by atoms with van der Waals surface area (Å²) < 4.78 is 0. The molecule has 1 aliphatic heterocycles. The van der Waals surface area contributed by atoms with Crippen LogP contribution in [0.15, 0.2) is 18.2 Å². The lowest BCUT2D eigenvalue weighted by molar-refractivity contribution is -0.385. The summed E-state index contributed by atoms with van der Waals surface area (Å²) in [6.07, 6.45) is 0.637. The van der Waals surface area contributed by atoms with Gasteiger partial charge in [-0.15, -0.1) is 12.4 Å². The Bertz CT molecular complexity index is 666. The zero-order valence-electron chi connectivity index (χ0n) is 14.2. The molecule has 0 saturated carbocycles. The van der Waals surface area contributed by atoms with Gasteiger partial charge in [0.05, 0.1) is 17.5 Å². The van der Waals surface area contributed by atoms with E-state index in [1.165, 1.54) is 12.1 Å². The highest BCUT2D eigenvalue weighted by molar-refractivity contribution is 5.87. The molecule has 0 saturated heterocycles. The number of fused-ring (bicyclic) bond motifs is 1. The first-order valence-corrected chi connectivity index (χ1v) is 7.87. The molecule has 9 heteroatoms. The van der Waals surface area contributed by atoms with Crippen LogP contribution in [-0.4, -0.2) is 40.8 Å². The normalized spacial score (nSPS) is 14.3. The lowest BCUT2D eigenvalue weighted by atomic mass is 9.99. The smallest absolute Gasteiger partial charge is 0.269 e. The Morgan fingerprint density at radius 3 is 2.64 bits per heavy atom. The third kappa shape index (κ3) is 5.14. The molecule has 1 aromatic carbocycles. The molecule has 8 nitrogen and oxygen atoms in total. The van der Waals surface area contributed by atoms with Gasteiger partial charge in [0.25, 0.3) is 5.69 Å². The molecule has 1 atom stereocenters. The predicted octanol–water partition coefficient (Wildman–Crippen LogP) is 1.00. The summed E-state index contributed by atoms with van der Waals surface area (Å²) in [6.45, 7) is 4.38. The van der Waals surface area contributed by atoms with Gasteiger partial charge in [0.1, 0.15) is 0 Å². The minimum Gasteiger partial charge on any atom is -0.346 e. The maximum Gasteiger partial charge on any atom is 0.269 e. The molecule has 0 bridgehead atoms. The van der Waals surface area contributed by atoms with Gasteiger partial charge in [-0.3, -0.25) is 19.7 Å². The average Bonchev–Trinajstić information content (AvgIpc) is 2.57. The summed E-state index contributed by atoms with van der Waals surface area (Å²) in [5.41, 5.74) is 7.53. The number of hydrogen-bond donors (Lipinski definition) is 2. The number of halogens is 1. The Labute approximate surface area is 152 Å². The lowest BCUT2D eigenvalue weighted by Gasteiger charge is -2.29. The van der Waals surface area contributed by atoms with E-state index >= 15 is 0 Å². The Hall–Kier alpha value is -2.19. The fraction of sp³-hybridized carbons (Fsp3) is 0.500. The molecule has 3 N–H and O–H groups in total. The van der Waals surface area contributed by atoms with Crippen molar-refractivity contribution in [3.8, 4) is 0 Å². The van der Waals surface area contributed by atoms with E-state index in [0.29, 0.717) is 19.5 Å². The van der Waals surface area contributed by atoms with Crippen molar-refractivity contribution in [1.29, 1.82) is 0 Å². The van der Waals surface area contributed by atoms with Crippen molar-refractivity contribution in [3.63, 3.8) is 0 Å². The van der Waals surface area contributed by atoms with Gasteiger partial charge in [-0.2, -0.15) is 0 Å². The number of nitro groups is 1. The van der Waals surface area contributed by atoms with Crippen molar-refractivity contribution in [1.82, 2.24) is 10.2 Å². The fourth-order valence-corrected chi connectivity index (χ4v) is 2.57. The Balaban J connectivity index is 0.00000312. The van der Waals surface area contributed by atoms with E-state index in [-0.39, 0.29) is 42.4 Å². The van der Waals surface area contributed by atoms with Crippen LogP contribution in [0.4, 0.5) is 5.69 Å². The highest BCUT2D eigenvalue weighted by Gasteiger charge is 2.24. The molecule has 1 aliphatic rings. The summed E-state index contributed by atoms with van der Waals surface area (Å²) in [6, 6.07) is 4.06. The molecule has 1 heterocycles. The number of carbonyl (C=O) groups is 2. The number of carbonyl (C=O) groups excluding carboxylic acids is 2. The molecule has 0 fully saturated rings. The van der Waals surface area contributed by atoms with Crippen molar-refractivity contribution >= 4 is 29.9 Å². The summed E-state index contributed by atoms with van der Waals surface area (Å²) in [5.74, 6) is -0.592. The van der Waals surface area contributed by atoms with E-state index in [0.717, 1.165) is 11.1 Å². The molecule has 2 amide bonds. The third-order valence-corrected chi connectivity index (χ3v) is 4.20. The van der Waals surface area contributed by atoms with E-state index in [1.54, 1.807) is 11.0 Å². The molecule has 2 rings (SSSR count). The number of benzene rings is 1. The zero-order chi connectivity index (χ0) is 17.9. The van der Waals surface area contributed by atoms with Crippen LogP contribution < -0.4 is 11.1 Å². The first-order chi connectivity index (χ1) is 11.3. The number of nitrogens with one attached hydrogen (secondary N) is 1. The topological polar surface area (TPSA) is 119 Å². The van der Waals surface area contributed by atoms with Gasteiger partial charge in [0.2, 0.25) is 11.8 Å². The molecule has 0 radical (unpaired) electrons. The summed E-state index contributed by atoms with van der Waals surface area (Å²) in [7, 11) is 0. The van der Waals surface area contributed by atoms with Gasteiger partial charge >= 0.3 is 0 Å². The van der Waals surface area contributed by atoms with Crippen LogP contribution in [0, 0.1) is 16.0 Å². The molecule has 0 aromatic heterocycles. The number of non-ortho nitro benzene ring substituents is 1. The average molecular weight is 371 g/mol. The van der Waals surface area contributed by atoms with Gasteiger partial charge in [0, 0.05) is 25.2 Å². The second-order valence-electron chi connectivity index (χ2n) is 6.26. The number of amides is 2. The van der Waals surface area contributed by atoms with Crippen LogP contribution >= 0.6 is 12.4 Å². The van der Waals surface area contributed by atoms with Crippen LogP contribution in [-0.2, 0) is 22.6 Å². The molecule has 0 aliphatic carbocycles. The van der Waals surface area contributed by atoms with Gasteiger partial charge in [-0.05, 0) is 23.5 Å². The summed E-state index contributed by atoms with van der Waals surface area (Å²) in [5, 5.41) is 13.4. The standard InChI is InChI=1S/C16H22N4O4.ClH/c1-10(2)15(17)16(22)18-8-14(21)19-6-5-11-3-4-13(20(23)24)7-12(11)9-19;/h3-4,7,10,15H,5-6,8-9,17H2,1-2H3,(H,18,22);1H/t15-;/m0./s1. The monoisotopic (exact) mass is 370 g/mol. The largest absolute Gasteiger partial charge is 0.346 e. The van der Waals surface area contributed by atoms with Gasteiger partial charge in [0.15, 0.2) is 0 Å². The van der Waals surface area contributed by atoms with Gasteiger partial charge in [-0.1, -0.05) is 19.9 Å². The number of nitro benzene ring substituents is 1. The minimum atomic E-state index is -0.650. The van der Waals surface area contributed by atoms with E-state index in [2.05, 4.69) is 5.32 Å². The highest BCUT2D eigenvalue weighted by atomic mass is 35.5. The first kappa shape index (κ1) is 20.9.